The van der Waals surface area contributed by atoms with Crippen LogP contribution >= 0.6 is 11.6 Å². The molecule has 0 spiro atoms. The largest absolute Gasteiger partial charge is 0.303 e. The normalized spacial score (nSPS) is 22.9. The molecule has 0 aliphatic carbocycles. The minimum Gasteiger partial charge on any atom is -0.303 e. The first-order chi connectivity index (χ1) is 16.0. The number of hydrogen-bond acceptors (Lipinski definition) is 3. The van der Waals surface area contributed by atoms with Crippen molar-refractivity contribution in [1.82, 2.24) is 10.3 Å². The van der Waals surface area contributed by atoms with Gasteiger partial charge in [0.2, 0.25) is 0 Å². The van der Waals surface area contributed by atoms with Gasteiger partial charge in [-0.1, -0.05) is 61.9 Å². The molecule has 0 saturated carbocycles. The zero-order valence-corrected chi connectivity index (χ0v) is 21.7. The van der Waals surface area contributed by atoms with Crippen LogP contribution in [-0.2, 0) is 0 Å². The number of likely N-dealkylation sites (tertiary alicyclic amines) is 1. The molecule has 1 heterocycles. The number of amidine groups is 1. The Balaban J connectivity index is 2.86. The van der Waals surface area contributed by atoms with Crippen molar-refractivity contribution in [2.24, 2.45) is 27.8 Å². The molecule has 3 unspecified atom stereocenters. The van der Waals surface area contributed by atoms with E-state index in [1.165, 1.54) is 6.08 Å². The number of piperidine rings is 1. The van der Waals surface area contributed by atoms with Crippen molar-refractivity contribution < 1.29 is 4.39 Å². The minimum atomic E-state index is -0.201. The molecule has 1 aliphatic heterocycles. The van der Waals surface area contributed by atoms with Gasteiger partial charge in [-0.15, -0.1) is 0 Å². The van der Waals surface area contributed by atoms with Gasteiger partial charge in [0.05, 0.1) is 0 Å². The summed E-state index contributed by atoms with van der Waals surface area (Å²) in [6.45, 7) is 11.0. The van der Waals surface area contributed by atoms with E-state index in [0.717, 1.165) is 49.8 Å². The first kappa shape index (κ1) is 29.1. The lowest BCUT2D eigenvalue weighted by atomic mass is 9.76. The standard InChI is InChI=1S/C27H42ClFN4/c1-6-9-12-19-33-20-17-25(26(21-33)22(4)15-16-24(29)8-3)27(30-5)32-31-18-11-10-14-23(28)13-7-2/h6,8-10,13-16,18,22,25-26H,7,11-12,17,19-21H2,1-5H3,(H,30,32)/b9-6+,14-10-,16-15-,23-13+,24-8+,31-18+. The van der Waals surface area contributed by atoms with Crippen molar-refractivity contribution >= 4 is 23.7 Å². The van der Waals surface area contributed by atoms with Crippen LogP contribution in [0.1, 0.15) is 53.4 Å². The lowest BCUT2D eigenvalue weighted by Gasteiger charge is -2.41. The SMILES string of the molecule is C/C=C/CCN1CCC(C(=NC)N/N=C/C/C=C\C(Cl)=C/CC)C(C(C)/C=C\C(F)=C/C)C1. The molecule has 0 amide bonds. The van der Waals surface area contributed by atoms with Gasteiger partial charge < -0.3 is 4.90 Å². The zero-order valence-electron chi connectivity index (χ0n) is 21.0. The van der Waals surface area contributed by atoms with Gasteiger partial charge in [0, 0.05) is 43.7 Å². The van der Waals surface area contributed by atoms with Gasteiger partial charge in [0.15, 0.2) is 0 Å². The Kier molecular flexibility index (Phi) is 15.4. The molecule has 184 valence electrons. The van der Waals surface area contributed by atoms with E-state index in [2.05, 4.69) is 53.3 Å². The maximum atomic E-state index is 13.7. The number of halogens is 2. The van der Waals surface area contributed by atoms with Gasteiger partial charge in [-0.05, 0) is 63.6 Å². The third-order valence-corrected chi connectivity index (χ3v) is 6.16. The summed E-state index contributed by atoms with van der Waals surface area (Å²) in [6.07, 6.45) is 20.7. The van der Waals surface area contributed by atoms with Crippen LogP contribution < -0.4 is 5.43 Å². The Morgan fingerprint density at radius 3 is 2.73 bits per heavy atom. The van der Waals surface area contributed by atoms with Crippen LogP contribution in [-0.4, -0.2) is 43.6 Å². The molecule has 0 aromatic heterocycles. The Bertz CT molecular complexity index is 764. The molecule has 0 radical (unpaired) electrons. The van der Waals surface area contributed by atoms with Crippen LogP contribution in [0.5, 0.6) is 0 Å². The van der Waals surface area contributed by atoms with E-state index in [4.69, 9.17) is 11.6 Å². The Morgan fingerprint density at radius 2 is 2.06 bits per heavy atom. The topological polar surface area (TPSA) is 40.0 Å². The minimum absolute atomic E-state index is 0.201. The van der Waals surface area contributed by atoms with Gasteiger partial charge in [-0.25, -0.2) is 4.39 Å². The fourth-order valence-electron chi connectivity index (χ4n) is 4.00. The lowest BCUT2D eigenvalue weighted by molar-refractivity contribution is 0.127. The zero-order chi connectivity index (χ0) is 24.5. The molecule has 1 N–H and O–H groups in total. The van der Waals surface area contributed by atoms with E-state index in [1.807, 2.05) is 37.6 Å². The van der Waals surface area contributed by atoms with E-state index in [9.17, 15) is 4.39 Å². The van der Waals surface area contributed by atoms with E-state index < -0.39 is 0 Å². The highest BCUT2D eigenvalue weighted by molar-refractivity contribution is 6.31. The molecular weight excluding hydrogens is 435 g/mol. The lowest BCUT2D eigenvalue weighted by Crippen LogP contribution is -2.47. The van der Waals surface area contributed by atoms with Crippen LogP contribution in [0.4, 0.5) is 4.39 Å². The maximum Gasteiger partial charge on any atom is 0.120 e. The second kappa shape index (κ2) is 17.5. The molecule has 1 aliphatic rings. The number of rotatable bonds is 12. The summed E-state index contributed by atoms with van der Waals surface area (Å²) in [4.78, 5) is 7.04. The second-order valence-corrected chi connectivity index (χ2v) is 8.71. The second-order valence-electron chi connectivity index (χ2n) is 8.28. The highest BCUT2D eigenvalue weighted by atomic mass is 35.5. The predicted octanol–water partition coefficient (Wildman–Crippen LogP) is 7.04. The third-order valence-electron chi connectivity index (χ3n) is 5.88. The molecular formula is C27H42ClFN4. The molecule has 6 heteroatoms. The molecule has 33 heavy (non-hydrogen) atoms. The molecule has 1 rings (SSSR count). The average molecular weight is 477 g/mol. The van der Waals surface area contributed by atoms with Crippen molar-refractivity contribution in [3.8, 4) is 0 Å². The van der Waals surface area contributed by atoms with Gasteiger partial charge in [0.25, 0.3) is 0 Å². The van der Waals surface area contributed by atoms with Crippen LogP contribution in [0.25, 0.3) is 0 Å². The number of nitrogens with one attached hydrogen (secondary N) is 1. The van der Waals surface area contributed by atoms with Crippen molar-refractivity contribution in [1.29, 1.82) is 0 Å². The van der Waals surface area contributed by atoms with Gasteiger partial charge in [-0.3, -0.25) is 10.4 Å². The van der Waals surface area contributed by atoms with Crippen molar-refractivity contribution in [2.45, 2.75) is 53.4 Å². The number of hydrazone groups is 1. The molecule has 0 aromatic carbocycles. The van der Waals surface area contributed by atoms with Crippen LogP contribution in [0.3, 0.4) is 0 Å². The first-order valence-corrected chi connectivity index (χ1v) is 12.4. The number of nitrogens with zero attached hydrogens (tertiary/aromatic N) is 3. The van der Waals surface area contributed by atoms with Crippen LogP contribution in [0, 0.1) is 17.8 Å². The summed E-state index contributed by atoms with van der Waals surface area (Å²) in [5.74, 6) is 1.47. The number of allylic oxidation sites excluding steroid dienone is 9. The fraction of sp³-hybridized carbons (Fsp3) is 0.556. The molecule has 0 bridgehead atoms. The Labute approximate surface area is 205 Å². The molecule has 0 aromatic rings. The monoisotopic (exact) mass is 476 g/mol. The van der Waals surface area contributed by atoms with Gasteiger partial charge in [0.1, 0.15) is 11.7 Å². The van der Waals surface area contributed by atoms with E-state index in [1.54, 1.807) is 13.0 Å². The summed E-state index contributed by atoms with van der Waals surface area (Å²) in [5, 5.41) is 5.14. The highest BCUT2D eigenvalue weighted by Crippen LogP contribution is 2.32. The molecule has 1 saturated heterocycles. The van der Waals surface area contributed by atoms with Crippen molar-refractivity contribution in [2.75, 3.05) is 26.7 Å². The van der Waals surface area contributed by atoms with E-state index >= 15 is 0 Å². The Hall–Kier alpha value is -1.98. The third kappa shape index (κ3) is 11.6. The number of aliphatic imine (C=N–C) groups is 1. The van der Waals surface area contributed by atoms with Crippen LogP contribution in [0.15, 0.2) is 69.6 Å². The molecule has 4 nitrogen and oxygen atoms in total. The average Bonchev–Trinajstić information content (AvgIpc) is 2.82. The summed E-state index contributed by atoms with van der Waals surface area (Å²) < 4.78 is 13.7. The van der Waals surface area contributed by atoms with E-state index in [-0.39, 0.29) is 17.7 Å². The quantitative estimate of drug-likeness (QED) is 0.108. The summed E-state index contributed by atoms with van der Waals surface area (Å²) in [6, 6.07) is 0. The molecule has 3 atom stereocenters. The summed E-state index contributed by atoms with van der Waals surface area (Å²) >= 11 is 6.07. The summed E-state index contributed by atoms with van der Waals surface area (Å²) in [5.41, 5.74) is 3.18. The smallest absolute Gasteiger partial charge is 0.120 e. The molecule has 1 fully saturated rings. The van der Waals surface area contributed by atoms with E-state index in [0.29, 0.717) is 12.3 Å². The number of hydrogen-bond donors (Lipinski definition) is 1. The van der Waals surface area contributed by atoms with Crippen LogP contribution in [0.2, 0.25) is 0 Å². The van der Waals surface area contributed by atoms with Crippen molar-refractivity contribution in [3.05, 3.63) is 59.5 Å². The van der Waals surface area contributed by atoms with Gasteiger partial charge in [-0.2, -0.15) is 5.10 Å². The Morgan fingerprint density at radius 1 is 1.27 bits per heavy atom. The highest BCUT2D eigenvalue weighted by Gasteiger charge is 2.35. The fourth-order valence-corrected chi connectivity index (χ4v) is 4.25. The maximum absolute atomic E-state index is 13.7. The predicted molar refractivity (Wildman–Crippen MR) is 144 cm³/mol. The summed E-state index contributed by atoms with van der Waals surface area (Å²) in [7, 11) is 1.81. The first-order valence-electron chi connectivity index (χ1n) is 12.1. The van der Waals surface area contributed by atoms with Gasteiger partial charge >= 0.3 is 0 Å². The van der Waals surface area contributed by atoms with Crippen molar-refractivity contribution in [3.63, 3.8) is 0 Å².